The van der Waals surface area contributed by atoms with Gasteiger partial charge in [0.25, 0.3) is 5.91 Å². The van der Waals surface area contributed by atoms with Crippen LogP contribution in [0.1, 0.15) is 48.3 Å². The van der Waals surface area contributed by atoms with Crippen LogP contribution in [0.4, 0.5) is 0 Å². The molecule has 28 heavy (non-hydrogen) atoms. The van der Waals surface area contributed by atoms with E-state index in [-0.39, 0.29) is 23.7 Å². The zero-order chi connectivity index (χ0) is 20.6. The van der Waals surface area contributed by atoms with Gasteiger partial charge in [-0.1, -0.05) is 17.7 Å². The van der Waals surface area contributed by atoms with Crippen molar-refractivity contribution in [2.45, 2.75) is 39.7 Å². The summed E-state index contributed by atoms with van der Waals surface area (Å²) in [6.45, 7) is 7.10. The number of hydrogen-bond donors (Lipinski definition) is 1. The highest BCUT2D eigenvalue weighted by Gasteiger charge is 2.28. The van der Waals surface area contributed by atoms with E-state index in [4.69, 9.17) is 16.3 Å². The van der Waals surface area contributed by atoms with Gasteiger partial charge in [-0.3, -0.25) is 14.2 Å². The molecule has 1 heterocycles. The van der Waals surface area contributed by atoms with Crippen molar-refractivity contribution in [2.75, 3.05) is 0 Å². The second-order valence-electron chi connectivity index (χ2n) is 7.06. The largest absolute Gasteiger partial charge is 0.508 e. The molecule has 0 fully saturated rings. The monoisotopic (exact) mass is 399 g/mol. The van der Waals surface area contributed by atoms with Crippen LogP contribution in [-0.4, -0.2) is 27.7 Å². The minimum atomic E-state index is -0.597. The smallest absolute Gasteiger partial charge is 0.313 e. The predicted octanol–water partition coefficient (Wildman–Crippen LogP) is 5.05. The summed E-state index contributed by atoms with van der Waals surface area (Å²) in [7, 11) is 0. The Bertz CT molecular complexity index is 1070. The van der Waals surface area contributed by atoms with Gasteiger partial charge in [0.15, 0.2) is 0 Å². The third-order valence-electron chi connectivity index (χ3n) is 4.65. The standard InChI is InChI=1S/C22H22ClNO4/c1-12(2)28-22(27)13(3)20-14(4)24(19-9-8-17(25)11-18(19)20)21(26)15-6-5-7-16(23)10-15/h5-13,25H,1-4H3/t13-/m1/s1. The quantitative estimate of drug-likeness (QED) is 0.623. The number of carbonyl (C=O) groups excluding carboxylic acids is 2. The topological polar surface area (TPSA) is 68.5 Å². The minimum Gasteiger partial charge on any atom is -0.508 e. The third kappa shape index (κ3) is 3.62. The number of carbonyl (C=O) groups is 2. The third-order valence-corrected chi connectivity index (χ3v) is 4.88. The normalized spacial score (nSPS) is 12.4. The maximum absolute atomic E-state index is 13.2. The number of phenolic OH excluding ortho intramolecular Hbond substituents is 1. The molecule has 2 aromatic carbocycles. The number of esters is 1. The Morgan fingerprint density at radius 3 is 2.46 bits per heavy atom. The van der Waals surface area contributed by atoms with Crippen molar-refractivity contribution in [1.29, 1.82) is 0 Å². The van der Waals surface area contributed by atoms with Crippen LogP contribution in [0.25, 0.3) is 10.9 Å². The second kappa shape index (κ2) is 7.68. The number of benzene rings is 2. The highest BCUT2D eigenvalue weighted by Crippen LogP contribution is 2.35. The Morgan fingerprint density at radius 2 is 1.82 bits per heavy atom. The molecule has 3 rings (SSSR count). The van der Waals surface area contributed by atoms with Crippen molar-refractivity contribution in [3.8, 4) is 5.75 Å². The number of aromatic nitrogens is 1. The summed E-state index contributed by atoms with van der Waals surface area (Å²) in [6, 6.07) is 11.5. The van der Waals surface area contributed by atoms with E-state index in [1.807, 2.05) is 0 Å². The number of halogens is 1. The van der Waals surface area contributed by atoms with Crippen LogP contribution in [-0.2, 0) is 9.53 Å². The summed E-state index contributed by atoms with van der Waals surface area (Å²) in [5.74, 6) is -1.17. The van der Waals surface area contributed by atoms with Crippen LogP contribution in [0.15, 0.2) is 42.5 Å². The van der Waals surface area contributed by atoms with Gasteiger partial charge >= 0.3 is 5.97 Å². The van der Waals surface area contributed by atoms with Gasteiger partial charge in [-0.2, -0.15) is 0 Å². The zero-order valence-electron chi connectivity index (χ0n) is 16.2. The van der Waals surface area contributed by atoms with E-state index in [1.54, 1.807) is 68.7 Å². The average Bonchev–Trinajstić information content (AvgIpc) is 2.90. The molecule has 6 heteroatoms. The molecule has 0 unspecified atom stereocenters. The predicted molar refractivity (Wildman–Crippen MR) is 109 cm³/mol. The van der Waals surface area contributed by atoms with Crippen molar-refractivity contribution in [1.82, 2.24) is 4.57 Å². The molecular weight excluding hydrogens is 378 g/mol. The molecule has 0 bridgehead atoms. The minimum absolute atomic E-state index is 0.0607. The summed E-state index contributed by atoms with van der Waals surface area (Å²) >= 11 is 6.05. The molecule has 3 aromatic rings. The van der Waals surface area contributed by atoms with E-state index in [1.165, 1.54) is 6.07 Å². The molecule has 0 saturated carbocycles. The Morgan fingerprint density at radius 1 is 1.11 bits per heavy atom. The number of hydrogen-bond acceptors (Lipinski definition) is 4. The lowest BCUT2D eigenvalue weighted by Crippen LogP contribution is -2.19. The number of rotatable bonds is 4. The summed E-state index contributed by atoms with van der Waals surface area (Å²) < 4.78 is 6.91. The van der Waals surface area contributed by atoms with Crippen molar-refractivity contribution in [3.05, 3.63) is 64.3 Å². The number of phenols is 1. The van der Waals surface area contributed by atoms with Crippen LogP contribution in [0.5, 0.6) is 5.75 Å². The summed E-state index contributed by atoms with van der Waals surface area (Å²) in [6.07, 6.45) is -0.245. The fraction of sp³-hybridized carbons (Fsp3) is 0.273. The van der Waals surface area contributed by atoms with Gasteiger partial charge in [0.05, 0.1) is 17.5 Å². The lowest BCUT2D eigenvalue weighted by atomic mass is 9.98. The van der Waals surface area contributed by atoms with E-state index in [2.05, 4.69) is 0 Å². The molecule has 1 N–H and O–H groups in total. The van der Waals surface area contributed by atoms with Crippen LogP contribution in [0.2, 0.25) is 5.02 Å². The molecule has 1 aromatic heterocycles. The molecule has 0 saturated heterocycles. The van der Waals surface area contributed by atoms with Crippen LogP contribution >= 0.6 is 11.6 Å². The SMILES string of the molecule is Cc1c([C@@H](C)C(=O)OC(C)C)c2cc(O)ccc2n1C(=O)c1cccc(Cl)c1. The summed E-state index contributed by atoms with van der Waals surface area (Å²) in [4.78, 5) is 25.8. The van der Waals surface area contributed by atoms with E-state index in [0.29, 0.717) is 32.7 Å². The Balaban J connectivity index is 2.21. The van der Waals surface area contributed by atoms with Gasteiger partial charge in [0, 0.05) is 21.7 Å². The van der Waals surface area contributed by atoms with Crippen molar-refractivity contribution in [3.63, 3.8) is 0 Å². The molecule has 1 atom stereocenters. The number of nitrogens with zero attached hydrogens (tertiary/aromatic N) is 1. The van der Waals surface area contributed by atoms with E-state index in [9.17, 15) is 14.7 Å². The van der Waals surface area contributed by atoms with Crippen LogP contribution in [0.3, 0.4) is 0 Å². The highest BCUT2D eigenvalue weighted by atomic mass is 35.5. The first kappa shape index (κ1) is 20.0. The van der Waals surface area contributed by atoms with Crippen molar-refractivity contribution >= 4 is 34.4 Å². The number of aromatic hydroxyl groups is 1. The van der Waals surface area contributed by atoms with E-state index >= 15 is 0 Å². The van der Waals surface area contributed by atoms with Crippen LogP contribution in [0, 0.1) is 6.92 Å². The van der Waals surface area contributed by atoms with Gasteiger partial charge < -0.3 is 9.84 Å². The van der Waals surface area contributed by atoms with Gasteiger partial charge in [-0.15, -0.1) is 0 Å². The fourth-order valence-corrected chi connectivity index (χ4v) is 3.63. The molecule has 146 valence electrons. The van der Waals surface area contributed by atoms with E-state index in [0.717, 1.165) is 0 Å². The fourth-order valence-electron chi connectivity index (χ4n) is 3.44. The first-order chi connectivity index (χ1) is 13.2. The zero-order valence-corrected chi connectivity index (χ0v) is 16.9. The second-order valence-corrected chi connectivity index (χ2v) is 7.50. The molecule has 0 aliphatic rings. The number of fused-ring (bicyclic) bond motifs is 1. The van der Waals surface area contributed by atoms with Gasteiger partial charge in [-0.05, 0) is 69.7 Å². The van der Waals surface area contributed by atoms with Crippen molar-refractivity contribution in [2.24, 2.45) is 0 Å². The first-order valence-corrected chi connectivity index (χ1v) is 9.43. The lowest BCUT2D eigenvalue weighted by Gasteiger charge is -2.15. The van der Waals surface area contributed by atoms with Gasteiger partial charge in [0.2, 0.25) is 0 Å². The molecule has 0 radical (unpaired) electrons. The summed E-state index contributed by atoms with van der Waals surface area (Å²) in [5, 5.41) is 11.1. The summed E-state index contributed by atoms with van der Waals surface area (Å²) in [5.41, 5.74) is 2.33. The van der Waals surface area contributed by atoms with E-state index < -0.39 is 5.92 Å². The average molecular weight is 400 g/mol. The first-order valence-electron chi connectivity index (χ1n) is 9.05. The Kier molecular flexibility index (Phi) is 5.47. The lowest BCUT2D eigenvalue weighted by molar-refractivity contribution is -0.148. The Hall–Kier alpha value is -2.79. The maximum atomic E-state index is 13.2. The van der Waals surface area contributed by atoms with Crippen molar-refractivity contribution < 1.29 is 19.4 Å². The van der Waals surface area contributed by atoms with Gasteiger partial charge in [-0.25, -0.2) is 0 Å². The van der Waals surface area contributed by atoms with Crippen LogP contribution < -0.4 is 0 Å². The molecular formula is C22H22ClNO4. The molecule has 0 amide bonds. The molecule has 0 aliphatic heterocycles. The molecule has 5 nitrogen and oxygen atoms in total. The Labute approximate surface area is 168 Å². The number of ether oxygens (including phenoxy) is 1. The molecule has 0 aliphatic carbocycles. The van der Waals surface area contributed by atoms with Gasteiger partial charge in [0.1, 0.15) is 5.75 Å². The maximum Gasteiger partial charge on any atom is 0.313 e. The highest BCUT2D eigenvalue weighted by molar-refractivity contribution is 6.31. The molecule has 0 spiro atoms.